The van der Waals surface area contributed by atoms with Crippen molar-refractivity contribution >= 4 is 39.1 Å². The first-order chi connectivity index (χ1) is 8.63. The normalized spacial score (nSPS) is 29.6. The Labute approximate surface area is 119 Å². The summed E-state index contributed by atoms with van der Waals surface area (Å²) in [5.41, 5.74) is 0.791. The van der Waals surface area contributed by atoms with Crippen LogP contribution in [-0.4, -0.2) is 18.0 Å². The van der Waals surface area contributed by atoms with E-state index in [0.29, 0.717) is 17.1 Å². The molecule has 2 bridgehead atoms. The van der Waals surface area contributed by atoms with Crippen molar-refractivity contribution in [1.29, 1.82) is 0 Å². The summed E-state index contributed by atoms with van der Waals surface area (Å²) >= 11 is 9.28. The lowest BCUT2D eigenvalue weighted by atomic mass is 9.88. The lowest BCUT2D eigenvalue weighted by Crippen LogP contribution is -2.32. The molecule has 0 aromatic heterocycles. The minimum Gasteiger partial charge on any atom is -0.326 e. The highest BCUT2D eigenvalue weighted by molar-refractivity contribution is 9.10. The number of nitrogens with one attached hydrogen (secondary N) is 2. The maximum absolute atomic E-state index is 12.2. The lowest BCUT2D eigenvalue weighted by molar-refractivity contribution is -0.120. The average molecular weight is 330 g/mol. The third-order valence-corrected chi connectivity index (χ3v) is 5.04. The molecule has 3 rings (SSSR count). The van der Waals surface area contributed by atoms with E-state index in [1.165, 1.54) is 6.42 Å². The summed E-state index contributed by atoms with van der Waals surface area (Å²) in [6, 6.07) is 6.35. The van der Waals surface area contributed by atoms with E-state index in [1.54, 1.807) is 6.07 Å². The second-order valence-electron chi connectivity index (χ2n) is 5.01. The Balaban J connectivity index is 1.69. The third-order valence-electron chi connectivity index (χ3n) is 3.82. The van der Waals surface area contributed by atoms with Gasteiger partial charge < -0.3 is 10.6 Å². The topological polar surface area (TPSA) is 41.1 Å². The number of hydrogen-bond donors (Lipinski definition) is 2. The van der Waals surface area contributed by atoms with Crippen LogP contribution >= 0.6 is 27.5 Å². The van der Waals surface area contributed by atoms with Gasteiger partial charge in [-0.25, -0.2) is 0 Å². The van der Waals surface area contributed by atoms with Crippen LogP contribution in [0.3, 0.4) is 0 Å². The number of carbonyl (C=O) groups excluding carboxylic acids is 1. The van der Waals surface area contributed by atoms with Crippen LogP contribution in [0.1, 0.15) is 19.3 Å². The van der Waals surface area contributed by atoms with Gasteiger partial charge in [0.25, 0.3) is 0 Å². The molecule has 2 aliphatic heterocycles. The van der Waals surface area contributed by atoms with Gasteiger partial charge >= 0.3 is 0 Å². The van der Waals surface area contributed by atoms with Crippen molar-refractivity contribution in [3.05, 3.63) is 27.7 Å². The first-order valence-corrected chi connectivity index (χ1v) is 7.32. The summed E-state index contributed by atoms with van der Waals surface area (Å²) in [5.74, 6) is 0.224. The lowest BCUT2D eigenvalue weighted by Gasteiger charge is -2.19. The standard InChI is InChI=1S/C13H14BrClN2O/c14-10-6-8(1-3-11(10)15)17-13(18)9-5-7-2-4-12(9)16-7/h1,3,6-7,9,12,16H,2,4-5H2,(H,17,18). The fourth-order valence-corrected chi connectivity index (χ4v) is 3.42. The van der Waals surface area contributed by atoms with Crippen LogP contribution in [0.15, 0.2) is 22.7 Å². The molecule has 3 atom stereocenters. The van der Waals surface area contributed by atoms with Gasteiger partial charge in [0.2, 0.25) is 5.91 Å². The van der Waals surface area contributed by atoms with Crippen LogP contribution in [0.25, 0.3) is 0 Å². The van der Waals surface area contributed by atoms with Crippen molar-refractivity contribution in [2.24, 2.45) is 5.92 Å². The molecule has 2 N–H and O–H groups in total. The molecule has 3 unspecified atom stereocenters. The number of benzene rings is 1. The second kappa shape index (κ2) is 4.83. The van der Waals surface area contributed by atoms with Crippen LogP contribution in [-0.2, 0) is 4.79 Å². The van der Waals surface area contributed by atoms with Gasteiger partial charge in [-0.2, -0.15) is 0 Å². The van der Waals surface area contributed by atoms with Gasteiger partial charge in [0.1, 0.15) is 0 Å². The zero-order chi connectivity index (χ0) is 12.7. The molecule has 0 saturated carbocycles. The molecule has 0 radical (unpaired) electrons. The summed E-state index contributed by atoms with van der Waals surface area (Å²) in [7, 11) is 0. The summed E-state index contributed by atoms with van der Waals surface area (Å²) in [6.45, 7) is 0. The molecule has 1 aromatic carbocycles. The van der Waals surface area contributed by atoms with Crippen molar-refractivity contribution in [1.82, 2.24) is 5.32 Å². The van der Waals surface area contributed by atoms with E-state index < -0.39 is 0 Å². The Bertz CT molecular complexity index is 494. The SMILES string of the molecule is O=C(Nc1ccc(Cl)c(Br)c1)C1CC2CCC1N2. The van der Waals surface area contributed by atoms with Crippen LogP contribution in [0.2, 0.25) is 5.02 Å². The van der Waals surface area contributed by atoms with Gasteiger partial charge in [-0.05, 0) is 53.4 Å². The number of anilines is 1. The predicted octanol–water partition coefficient (Wildman–Crippen LogP) is 3.18. The third kappa shape index (κ3) is 2.29. The van der Waals surface area contributed by atoms with E-state index in [-0.39, 0.29) is 11.8 Å². The first-order valence-electron chi connectivity index (χ1n) is 6.15. The smallest absolute Gasteiger partial charge is 0.229 e. The highest BCUT2D eigenvalue weighted by Gasteiger charge is 2.42. The van der Waals surface area contributed by atoms with Crippen LogP contribution in [0.4, 0.5) is 5.69 Å². The number of carbonyl (C=O) groups is 1. The Kier molecular flexibility index (Phi) is 3.34. The monoisotopic (exact) mass is 328 g/mol. The zero-order valence-electron chi connectivity index (χ0n) is 9.75. The Morgan fingerprint density at radius 1 is 1.44 bits per heavy atom. The molecule has 2 aliphatic rings. The molecule has 3 nitrogen and oxygen atoms in total. The van der Waals surface area contributed by atoms with Gasteiger partial charge in [-0.15, -0.1) is 0 Å². The van der Waals surface area contributed by atoms with Gasteiger partial charge in [0.15, 0.2) is 0 Å². The highest BCUT2D eigenvalue weighted by Crippen LogP contribution is 2.34. The van der Waals surface area contributed by atoms with Gasteiger partial charge in [0.05, 0.1) is 10.9 Å². The fraction of sp³-hybridized carbons (Fsp3) is 0.462. The van der Waals surface area contributed by atoms with Gasteiger partial charge in [-0.1, -0.05) is 11.6 Å². The van der Waals surface area contributed by atoms with Crippen molar-refractivity contribution in [3.8, 4) is 0 Å². The van der Waals surface area contributed by atoms with E-state index in [4.69, 9.17) is 11.6 Å². The molecule has 5 heteroatoms. The Morgan fingerprint density at radius 3 is 2.89 bits per heavy atom. The molecule has 1 aromatic rings. The zero-order valence-corrected chi connectivity index (χ0v) is 12.1. The van der Waals surface area contributed by atoms with E-state index in [1.807, 2.05) is 12.1 Å². The van der Waals surface area contributed by atoms with Gasteiger partial charge in [-0.3, -0.25) is 4.79 Å². The minimum atomic E-state index is 0.109. The molecule has 1 amide bonds. The van der Waals surface area contributed by atoms with Crippen molar-refractivity contribution in [3.63, 3.8) is 0 Å². The molecule has 2 heterocycles. The second-order valence-corrected chi connectivity index (χ2v) is 6.27. The van der Waals surface area contributed by atoms with Crippen LogP contribution in [0, 0.1) is 5.92 Å². The predicted molar refractivity (Wildman–Crippen MR) is 75.8 cm³/mol. The van der Waals surface area contributed by atoms with E-state index >= 15 is 0 Å². The Morgan fingerprint density at radius 2 is 2.28 bits per heavy atom. The summed E-state index contributed by atoms with van der Waals surface area (Å²) < 4.78 is 0.799. The summed E-state index contributed by atoms with van der Waals surface area (Å²) in [4.78, 5) is 12.2. The quantitative estimate of drug-likeness (QED) is 0.875. The van der Waals surface area contributed by atoms with Crippen LogP contribution in [0.5, 0.6) is 0 Å². The van der Waals surface area contributed by atoms with E-state index in [0.717, 1.165) is 23.0 Å². The van der Waals surface area contributed by atoms with Crippen molar-refractivity contribution in [2.75, 3.05) is 5.32 Å². The Hall–Kier alpha value is -0.580. The van der Waals surface area contributed by atoms with Gasteiger partial charge in [0, 0.05) is 22.2 Å². The molecule has 18 heavy (non-hydrogen) atoms. The first kappa shape index (κ1) is 12.5. The minimum absolute atomic E-state index is 0.109. The maximum atomic E-state index is 12.2. The molecule has 0 aliphatic carbocycles. The number of rotatable bonds is 2. The van der Waals surface area contributed by atoms with E-state index in [9.17, 15) is 4.79 Å². The molecule has 0 spiro atoms. The van der Waals surface area contributed by atoms with Crippen molar-refractivity contribution < 1.29 is 4.79 Å². The molecular formula is C13H14BrClN2O. The molecular weight excluding hydrogens is 316 g/mol. The van der Waals surface area contributed by atoms with Crippen molar-refractivity contribution in [2.45, 2.75) is 31.3 Å². The molecule has 2 saturated heterocycles. The van der Waals surface area contributed by atoms with E-state index in [2.05, 4.69) is 26.6 Å². The summed E-state index contributed by atoms with van der Waals surface area (Å²) in [6.07, 6.45) is 3.29. The molecule has 2 fully saturated rings. The largest absolute Gasteiger partial charge is 0.326 e. The average Bonchev–Trinajstić information content (AvgIpc) is 2.96. The highest BCUT2D eigenvalue weighted by atomic mass is 79.9. The number of amides is 1. The maximum Gasteiger partial charge on any atom is 0.229 e. The number of hydrogen-bond acceptors (Lipinski definition) is 2. The number of fused-ring (bicyclic) bond motifs is 2. The molecule has 96 valence electrons. The number of halogens is 2. The summed E-state index contributed by atoms with van der Waals surface area (Å²) in [5, 5.41) is 7.09. The fourth-order valence-electron chi connectivity index (χ4n) is 2.92. The van der Waals surface area contributed by atoms with Crippen LogP contribution < -0.4 is 10.6 Å².